The quantitative estimate of drug-likeness (QED) is 0.553. The van der Waals surface area contributed by atoms with Crippen molar-refractivity contribution in [2.75, 3.05) is 19.5 Å². The molecule has 3 heteroatoms. The predicted molar refractivity (Wildman–Crippen MR) is 59.6 cm³/mol. The normalized spacial score (nSPS) is 11.7. The Kier molecular flexibility index (Phi) is 4.77. The molecular formula is C11H16ClNO. The van der Waals surface area contributed by atoms with Gasteiger partial charge in [0.05, 0.1) is 6.54 Å². The minimum Gasteiger partial charge on any atom is -0.465 e. The van der Waals surface area contributed by atoms with Gasteiger partial charge in [0, 0.05) is 12.4 Å². The summed E-state index contributed by atoms with van der Waals surface area (Å²) < 4.78 is 5.47. The summed E-state index contributed by atoms with van der Waals surface area (Å²) in [5.41, 5.74) is 0. The van der Waals surface area contributed by atoms with Crippen LogP contribution >= 0.6 is 11.6 Å². The Labute approximate surface area is 90.2 Å². The maximum Gasteiger partial charge on any atom is 0.118 e. The number of likely N-dealkylation sites (N-methyl/N-ethyl adjacent to an activating group) is 1. The number of alkyl halides is 1. The summed E-state index contributed by atoms with van der Waals surface area (Å²) in [6, 6.07) is 3.99. The van der Waals surface area contributed by atoms with Crippen LogP contribution in [-0.4, -0.2) is 24.4 Å². The zero-order valence-electron chi connectivity index (χ0n) is 8.66. The number of hydrogen-bond acceptors (Lipinski definition) is 2. The summed E-state index contributed by atoms with van der Waals surface area (Å²) >= 11 is 5.52. The zero-order valence-corrected chi connectivity index (χ0v) is 9.42. The van der Waals surface area contributed by atoms with Crippen LogP contribution in [0.15, 0.2) is 28.7 Å². The van der Waals surface area contributed by atoms with Crippen molar-refractivity contribution in [2.24, 2.45) is 0 Å². The molecule has 0 atom stereocenters. The molecule has 2 nitrogen and oxygen atoms in total. The average Bonchev–Trinajstić information content (AvgIpc) is 2.52. The van der Waals surface area contributed by atoms with E-state index in [2.05, 4.69) is 18.0 Å². The van der Waals surface area contributed by atoms with E-state index in [9.17, 15) is 0 Å². The minimum absolute atomic E-state index is 0.577. The molecule has 0 unspecified atom stereocenters. The summed E-state index contributed by atoms with van der Waals surface area (Å²) in [5, 5.41) is 0. The Bertz CT molecular complexity index is 293. The number of hydrogen-bond donors (Lipinski definition) is 0. The molecule has 78 valence electrons. The van der Waals surface area contributed by atoms with Crippen molar-refractivity contribution >= 4 is 11.6 Å². The summed E-state index contributed by atoms with van der Waals surface area (Å²) in [6.45, 7) is 3.68. The molecule has 0 aliphatic carbocycles. The first-order valence-corrected chi connectivity index (χ1v) is 5.20. The van der Waals surface area contributed by atoms with Gasteiger partial charge in [-0.15, -0.1) is 11.6 Å². The van der Waals surface area contributed by atoms with Gasteiger partial charge in [-0.1, -0.05) is 12.2 Å². The highest BCUT2D eigenvalue weighted by atomic mass is 35.5. The highest BCUT2D eigenvalue weighted by Gasteiger charge is 2.01. The number of allylic oxidation sites excluding steroid dienone is 1. The van der Waals surface area contributed by atoms with Crippen LogP contribution in [-0.2, 0) is 6.54 Å². The molecule has 0 saturated carbocycles. The van der Waals surface area contributed by atoms with Gasteiger partial charge >= 0.3 is 0 Å². The lowest BCUT2D eigenvalue weighted by Gasteiger charge is -2.11. The van der Waals surface area contributed by atoms with Gasteiger partial charge in [0.25, 0.3) is 0 Å². The third-order valence-electron chi connectivity index (χ3n) is 1.89. The molecule has 1 aromatic rings. The van der Waals surface area contributed by atoms with Crippen LogP contribution in [0.2, 0.25) is 0 Å². The van der Waals surface area contributed by atoms with Gasteiger partial charge in [-0.25, -0.2) is 0 Å². The molecule has 0 spiro atoms. The smallest absolute Gasteiger partial charge is 0.118 e. The van der Waals surface area contributed by atoms with Crippen LogP contribution in [0.3, 0.4) is 0 Å². The van der Waals surface area contributed by atoms with Gasteiger partial charge in [0.15, 0.2) is 0 Å². The molecule has 0 aromatic carbocycles. The Morgan fingerprint density at radius 2 is 2.21 bits per heavy atom. The van der Waals surface area contributed by atoms with Crippen molar-refractivity contribution in [3.63, 3.8) is 0 Å². The van der Waals surface area contributed by atoms with Gasteiger partial charge in [0.1, 0.15) is 11.5 Å². The fraction of sp³-hybridized carbons (Fsp3) is 0.455. The molecule has 0 bridgehead atoms. The van der Waals surface area contributed by atoms with Crippen LogP contribution in [0.25, 0.3) is 0 Å². The van der Waals surface area contributed by atoms with Crippen LogP contribution in [0.4, 0.5) is 0 Å². The summed E-state index contributed by atoms with van der Waals surface area (Å²) in [4.78, 5) is 2.17. The van der Waals surface area contributed by atoms with E-state index in [0.717, 1.165) is 24.6 Å². The molecule has 14 heavy (non-hydrogen) atoms. The average molecular weight is 214 g/mol. The molecule has 0 fully saturated rings. The van der Waals surface area contributed by atoms with Crippen molar-refractivity contribution in [3.8, 4) is 0 Å². The van der Waals surface area contributed by atoms with E-state index in [4.69, 9.17) is 16.0 Å². The third-order valence-corrected chi connectivity index (χ3v) is 2.07. The Hall–Kier alpha value is -0.730. The van der Waals surface area contributed by atoms with Crippen molar-refractivity contribution in [2.45, 2.75) is 13.5 Å². The number of halogens is 1. The van der Waals surface area contributed by atoms with E-state index in [1.54, 1.807) is 0 Å². The second-order valence-corrected chi connectivity index (χ2v) is 3.64. The molecule has 1 aromatic heterocycles. The van der Waals surface area contributed by atoms with Gasteiger partial charge in [-0.2, -0.15) is 0 Å². The second-order valence-electron chi connectivity index (χ2n) is 3.33. The van der Waals surface area contributed by atoms with E-state index in [-0.39, 0.29) is 0 Å². The monoisotopic (exact) mass is 213 g/mol. The fourth-order valence-corrected chi connectivity index (χ4v) is 1.34. The Morgan fingerprint density at radius 3 is 2.79 bits per heavy atom. The first-order valence-electron chi connectivity index (χ1n) is 4.67. The molecule has 1 heterocycles. The first kappa shape index (κ1) is 11.3. The second kappa shape index (κ2) is 5.89. The van der Waals surface area contributed by atoms with Crippen LogP contribution in [0, 0.1) is 6.92 Å². The Morgan fingerprint density at radius 1 is 1.43 bits per heavy atom. The van der Waals surface area contributed by atoms with E-state index in [0.29, 0.717) is 5.88 Å². The van der Waals surface area contributed by atoms with Crippen LogP contribution in [0.1, 0.15) is 11.5 Å². The summed E-state index contributed by atoms with van der Waals surface area (Å²) in [5.74, 6) is 2.54. The number of nitrogens with zero attached hydrogens (tertiary/aromatic N) is 1. The van der Waals surface area contributed by atoms with Gasteiger partial charge in [-0.3, -0.25) is 4.90 Å². The SMILES string of the molecule is Cc1ccc(CN(C)CC=CCCl)o1. The van der Waals surface area contributed by atoms with Crippen molar-refractivity contribution in [1.29, 1.82) is 0 Å². The third kappa shape index (κ3) is 3.99. The summed E-state index contributed by atoms with van der Waals surface area (Å²) in [6.07, 6.45) is 4.01. The lowest BCUT2D eigenvalue weighted by Crippen LogP contribution is -2.17. The van der Waals surface area contributed by atoms with Crippen LogP contribution < -0.4 is 0 Å². The lowest BCUT2D eigenvalue weighted by molar-refractivity contribution is 0.318. The van der Waals surface area contributed by atoms with Crippen LogP contribution in [0.5, 0.6) is 0 Å². The first-order chi connectivity index (χ1) is 6.72. The van der Waals surface area contributed by atoms with E-state index in [1.807, 2.05) is 25.1 Å². The maximum atomic E-state index is 5.52. The number of rotatable bonds is 5. The van der Waals surface area contributed by atoms with E-state index >= 15 is 0 Å². The lowest BCUT2D eigenvalue weighted by atomic mass is 10.4. The molecule has 1 rings (SSSR count). The van der Waals surface area contributed by atoms with Gasteiger partial charge in [0.2, 0.25) is 0 Å². The molecule has 0 aliphatic rings. The molecule has 0 amide bonds. The van der Waals surface area contributed by atoms with Gasteiger partial charge in [-0.05, 0) is 26.1 Å². The van der Waals surface area contributed by atoms with E-state index in [1.165, 1.54) is 0 Å². The largest absolute Gasteiger partial charge is 0.465 e. The Balaban J connectivity index is 2.33. The molecular weight excluding hydrogens is 198 g/mol. The van der Waals surface area contributed by atoms with Crippen molar-refractivity contribution in [1.82, 2.24) is 4.90 Å². The topological polar surface area (TPSA) is 16.4 Å². The predicted octanol–water partition coefficient (Wildman–Crippen LogP) is 2.81. The number of furan rings is 1. The highest BCUT2D eigenvalue weighted by Crippen LogP contribution is 2.08. The van der Waals surface area contributed by atoms with Crippen molar-refractivity contribution in [3.05, 3.63) is 35.8 Å². The molecule has 0 saturated heterocycles. The summed E-state index contributed by atoms with van der Waals surface area (Å²) in [7, 11) is 2.05. The van der Waals surface area contributed by atoms with Gasteiger partial charge < -0.3 is 4.42 Å². The minimum atomic E-state index is 0.577. The highest BCUT2D eigenvalue weighted by molar-refractivity contribution is 6.18. The zero-order chi connectivity index (χ0) is 10.4. The molecule has 0 radical (unpaired) electrons. The van der Waals surface area contributed by atoms with Crippen molar-refractivity contribution < 1.29 is 4.42 Å². The molecule has 0 aliphatic heterocycles. The maximum absolute atomic E-state index is 5.52. The van der Waals surface area contributed by atoms with E-state index < -0.39 is 0 Å². The molecule has 0 N–H and O–H groups in total. The number of aryl methyl sites for hydroxylation is 1. The standard InChI is InChI=1S/C11H16ClNO/c1-10-5-6-11(14-10)9-13(2)8-4-3-7-12/h3-6H,7-9H2,1-2H3. The fourth-order valence-electron chi connectivity index (χ4n) is 1.22.